The number of nitrogens with zero attached hydrogens (tertiary/aromatic N) is 2. The van der Waals surface area contributed by atoms with Crippen LogP contribution in [0.5, 0.6) is 5.75 Å². The zero-order valence-electron chi connectivity index (χ0n) is 18.4. The molecule has 34 heavy (non-hydrogen) atoms. The lowest BCUT2D eigenvalue weighted by Gasteiger charge is -2.18. The minimum absolute atomic E-state index is 0.00462. The fourth-order valence-corrected chi connectivity index (χ4v) is 4.22. The number of benzene rings is 1. The van der Waals surface area contributed by atoms with Crippen LogP contribution in [0.25, 0.3) is 11.0 Å². The molecule has 1 aliphatic heterocycles. The van der Waals surface area contributed by atoms with Gasteiger partial charge in [0.1, 0.15) is 16.9 Å². The van der Waals surface area contributed by atoms with Gasteiger partial charge in [-0.1, -0.05) is 19.1 Å². The number of halogens is 3. The molecule has 0 saturated heterocycles. The van der Waals surface area contributed by atoms with Crippen molar-refractivity contribution >= 4 is 22.6 Å². The van der Waals surface area contributed by atoms with Crippen LogP contribution >= 0.6 is 0 Å². The van der Waals surface area contributed by atoms with E-state index in [1.807, 2.05) is 6.92 Å². The Bertz CT molecular complexity index is 1360. The van der Waals surface area contributed by atoms with Gasteiger partial charge in [0.25, 0.3) is 17.4 Å². The highest BCUT2D eigenvalue weighted by atomic mass is 19.3. The number of hydrogen-bond donors (Lipinski definition) is 3. The van der Waals surface area contributed by atoms with Gasteiger partial charge in [0, 0.05) is 24.7 Å². The maximum absolute atomic E-state index is 14.6. The molecule has 1 fully saturated rings. The summed E-state index contributed by atoms with van der Waals surface area (Å²) in [4.78, 5) is 30.3. The Morgan fingerprint density at radius 3 is 2.65 bits per heavy atom. The molecule has 2 aliphatic rings. The van der Waals surface area contributed by atoms with Crippen LogP contribution in [0.4, 0.5) is 18.9 Å². The summed E-state index contributed by atoms with van der Waals surface area (Å²) in [6.45, 7) is 0.583. The first-order chi connectivity index (χ1) is 16.1. The molecule has 5 rings (SSSR count). The molecule has 0 atom stereocenters. The summed E-state index contributed by atoms with van der Waals surface area (Å²) in [6.07, 6.45) is 3.49. The normalized spacial score (nSPS) is 17.6. The van der Waals surface area contributed by atoms with Gasteiger partial charge in [-0.15, -0.1) is 0 Å². The van der Waals surface area contributed by atoms with Crippen molar-refractivity contribution in [3.8, 4) is 5.75 Å². The molecular weight excluding hydrogens is 449 g/mol. The molecule has 0 radical (unpaired) electrons. The lowest BCUT2D eigenvalue weighted by atomic mass is 10.0. The minimum Gasteiger partial charge on any atom is -0.505 e. The molecule has 3 N–H and O–H groups in total. The van der Waals surface area contributed by atoms with Crippen LogP contribution in [-0.4, -0.2) is 39.6 Å². The van der Waals surface area contributed by atoms with Gasteiger partial charge in [-0.2, -0.15) is 0 Å². The number of hydrogen-bond acceptors (Lipinski definition) is 5. The topological polar surface area (TPSA) is 96.2 Å². The van der Waals surface area contributed by atoms with Crippen molar-refractivity contribution in [1.82, 2.24) is 14.9 Å². The van der Waals surface area contributed by atoms with Crippen molar-refractivity contribution in [1.29, 1.82) is 0 Å². The Labute approximate surface area is 192 Å². The number of nitrogens with one attached hydrogen (secondary N) is 2. The Hall–Kier alpha value is -3.56. The molecule has 178 valence electrons. The average Bonchev–Trinajstić information content (AvgIpc) is 3.55. The zero-order valence-corrected chi connectivity index (χ0v) is 18.4. The lowest BCUT2D eigenvalue weighted by Crippen LogP contribution is -2.38. The van der Waals surface area contributed by atoms with Gasteiger partial charge < -0.3 is 15.7 Å². The molecular formula is C24H23F3N4O3. The number of aromatic nitrogens is 2. The van der Waals surface area contributed by atoms with Gasteiger partial charge in [-0.25, -0.2) is 13.2 Å². The van der Waals surface area contributed by atoms with Crippen molar-refractivity contribution < 1.29 is 23.1 Å². The molecule has 0 unspecified atom stereocenters. The van der Waals surface area contributed by atoms with E-state index in [1.54, 1.807) is 12.1 Å². The third kappa shape index (κ3) is 3.97. The number of rotatable bonds is 5. The van der Waals surface area contributed by atoms with Crippen molar-refractivity contribution in [3.63, 3.8) is 0 Å². The van der Waals surface area contributed by atoms with Crippen molar-refractivity contribution in [2.75, 3.05) is 18.4 Å². The second kappa shape index (κ2) is 7.75. The van der Waals surface area contributed by atoms with Gasteiger partial charge in [-0.3, -0.25) is 19.1 Å². The highest BCUT2D eigenvalue weighted by Gasteiger charge is 2.39. The first-order valence-electron chi connectivity index (χ1n) is 11.0. The Kier molecular flexibility index (Phi) is 5.07. The van der Waals surface area contributed by atoms with Crippen LogP contribution in [0.15, 0.2) is 35.3 Å². The van der Waals surface area contributed by atoms with E-state index < -0.39 is 47.6 Å². The van der Waals surface area contributed by atoms with Crippen LogP contribution in [0.2, 0.25) is 0 Å². The second-order valence-electron chi connectivity index (χ2n) is 9.48. The third-order valence-corrected chi connectivity index (χ3v) is 6.55. The van der Waals surface area contributed by atoms with E-state index in [1.165, 1.54) is 18.3 Å². The standard InChI is InChI=1S/C24H23F3N4O3/c1-23(6-7-23)10-30-21(33)16-20(32)18-19-17(29-11-24(26,27)12-31(19)22(16)34)14(9-28-18)8-13-2-4-15(25)5-3-13/h2-5,9,29,32H,6-8,10-12H2,1H3,(H,30,33). The minimum atomic E-state index is -3.30. The number of pyridine rings is 2. The van der Waals surface area contributed by atoms with E-state index >= 15 is 0 Å². The average molecular weight is 472 g/mol. The predicted octanol–water partition coefficient (Wildman–Crippen LogP) is 3.42. The summed E-state index contributed by atoms with van der Waals surface area (Å²) < 4.78 is 43.4. The molecule has 0 bridgehead atoms. The van der Waals surface area contributed by atoms with Gasteiger partial charge >= 0.3 is 0 Å². The number of anilines is 1. The summed E-state index contributed by atoms with van der Waals surface area (Å²) in [6, 6.07) is 5.71. The van der Waals surface area contributed by atoms with E-state index in [-0.39, 0.29) is 28.6 Å². The lowest BCUT2D eigenvalue weighted by molar-refractivity contribution is -0.000936. The van der Waals surface area contributed by atoms with Gasteiger partial charge in [0.2, 0.25) is 0 Å². The number of carbonyl (C=O) groups excluding carboxylic acids is 1. The van der Waals surface area contributed by atoms with Gasteiger partial charge in [0.05, 0.1) is 24.3 Å². The zero-order chi connectivity index (χ0) is 24.3. The Morgan fingerprint density at radius 1 is 1.26 bits per heavy atom. The number of amides is 1. The van der Waals surface area contributed by atoms with E-state index in [9.17, 15) is 27.9 Å². The number of aromatic hydroxyl groups is 1. The van der Waals surface area contributed by atoms with Crippen molar-refractivity contribution in [2.45, 2.75) is 38.7 Å². The molecule has 1 saturated carbocycles. The first-order valence-corrected chi connectivity index (χ1v) is 11.0. The van der Waals surface area contributed by atoms with Crippen LogP contribution in [0, 0.1) is 11.2 Å². The number of carbonyl (C=O) groups is 1. The molecule has 1 aliphatic carbocycles. The maximum atomic E-state index is 14.6. The van der Waals surface area contributed by atoms with Crippen molar-refractivity contribution in [2.24, 2.45) is 5.41 Å². The molecule has 1 amide bonds. The summed E-state index contributed by atoms with van der Waals surface area (Å²) >= 11 is 0. The summed E-state index contributed by atoms with van der Waals surface area (Å²) in [5.74, 6) is -5.16. The van der Waals surface area contributed by atoms with Crippen molar-refractivity contribution in [3.05, 3.63) is 63.3 Å². The third-order valence-electron chi connectivity index (χ3n) is 6.55. The van der Waals surface area contributed by atoms with Crippen LogP contribution in [0.1, 0.15) is 41.3 Å². The highest BCUT2D eigenvalue weighted by Crippen LogP contribution is 2.44. The SMILES string of the molecule is CC1(CNC(=O)c2c(O)c3ncc(Cc4ccc(F)cc4)c4c3n(c2=O)CC(F)(F)CN4)CC1. The Morgan fingerprint density at radius 2 is 1.97 bits per heavy atom. The van der Waals surface area contributed by atoms with Gasteiger partial charge in [0.15, 0.2) is 5.75 Å². The van der Waals surface area contributed by atoms with Crippen LogP contribution in [0.3, 0.4) is 0 Å². The van der Waals surface area contributed by atoms with E-state index in [0.717, 1.165) is 17.4 Å². The van der Waals surface area contributed by atoms with Crippen LogP contribution < -0.4 is 16.2 Å². The molecule has 2 aromatic heterocycles. The fraction of sp³-hybridized carbons (Fsp3) is 0.375. The largest absolute Gasteiger partial charge is 0.505 e. The molecule has 10 heteroatoms. The fourth-order valence-electron chi connectivity index (χ4n) is 4.22. The Balaban J connectivity index is 1.65. The molecule has 1 aromatic carbocycles. The van der Waals surface area contributed by atoms with E-state index in [0.29, 0.717) is 17.7 Å². The smallest absolute Gasteiger partial charge is 0.282 e. The molecule has 3 aromatic rings. The molecule has 3 heterocycles. The van der Waals surface area contributed by atoms with Gasteiger partial charge in [-0.05, 0) is 36.0 Å². The second-order valence-corrected chi connectivity index (χ2v) is 9.48. The summed E-state index contributed by atoms with van der Waals surface area (Å²) in [5, 5.41) is 16.2. The monoisotopic (exact) mass is 472 g/mol. The molecule has 7 nitrogen and oxygen atoms in total. The van der Waals surface area contributed by atoms with E-state index in [2.05, 4.69) is 15.6 Å². The van der Waals surface area contributed by atoms with Crippen LogP contribution in [-0.2, 0) is 13.0 Å². The predicted molar refractivity (Wildman–Crippen MR) is 120 cm³/mol. The summed E-state index contributed by atoms with van der Waals surface area (Å²) in [7, 11) is 0. The highest BCUT2D eigenvalue weighted by molar-refractivity contribution is 6.04. The number of alkyl halides is 2. The quantitative estimate of drug-likeness (QED) is 0.529. The first kappa shape index (κ1) is 22.2. The maximum Gasteiger partial charge on any atom is 0.282 e. The van der Waals surface area contributed by atoms with E-state index in [4.69, 9.17) is 0 Å². The molecule has 0 spiro atoms. The summed E-state index contributed by atoms with van der Waals surface area (Å²) in [5.41, 5.74) is -0.357.